The van der Waals surface area contributed by atoms with E-state index in [1.54, 1.807) is 66.9 Å². The third-order valence-electron chi connectivity index (χ3n) is 7.52. The Morgan fingerprint density at radius 2 is 1.82 bits per heavy atom. The summed E-state index contributed by atoms with van der Waals surface area (Å²) in [6, 6.07) is 14.4. The van der Waals surface area contributed by atoms with E-state index in [4.69, 9.17) is 25.8 Å². The molecule has 1 fully saturated rings. The average molecular weight is 674 g/mol. The fourth-order valence-electron chi connectivity index (χ4n) is 5.25. The van der Waals surface area contributed by atoms with E-state index >= 15 is 0 Å². The molecule has 13 heteroatoms. The summed E-state index contributed by atoms with van der Waals surface area (Å²) in [5.41, 5.74) is 2.13. The Hall–Kier alpha value is -3.61. The van der Waals surface area contributed by atoms with E-state index in [9.17, 15) is 18.0 Å². The van der Waals surface area contributed by atoms with Crippen molar-refractivity contribution in [3.05, 3.63) is 75.9 Å². The summed E-state index contributed by atoms with van der Waals surface area (Å²) >= 11 is 7.56. The summed E-state index contributed by atoms with van der Waals surface area (Å²) in [5, 5.41) is 0.641. The highest BCUT2D eigenvalue weighted by atomic mass is 35.5. The number of rotatable bonds is 8. The van der Waals surface area contributed by atoms with Gasteiger partial charge in [-0.15, -0.1) is 11.3 Å². The summed E-state index contributed by atoms with van der Waals surface area (Å²) in [4.78, 5) is 31.5. The molecular formula is C32H36ClN3O7S2. The van der Waals surface area contributed by atoms with Crippen LogP contribution in [0.3, 0.4) is 0 Å². The van der Waals surface area contributed by atoms with Gasteiger partial charge in [-0.2, -0.15) is 0 Å². The average Bonchev–Trinajstić information content (AvgIpc) is 3.59. The smallest absolute Gasteiger partial charge is 0.410 e. The van der Waals surface area contributed by atoms with E-state index in [1.165, 1.54) is 18.4 Å². The van der Waals surface area contributed by atoms with Gasteiger partial charge in [0.15, 0.2) is 14.7 Å². The van der Waals surface area contributed by atoms with Gasteiger partial charge in [0.25, 0.3) is 0 Å². The molecule has 0 aliphatic carbocycles. The lowest BCUT2D eigenvalue weighted by molar-refractivity contribution is 0.0217. The minimum absolute atomic E-state index is 0.146. The number of esters is 1. The summed E-state index contributed by atoms with van der Waals surface area (Å²) < 4.78 is 45.4. The minimum atomic E-state index is -3.51. The van der Waals surface area contributed by atoms with E-state index < -0.39 is 38.9 Å². The number of halogens is 1. The van der Waals surface area contributed by atoms with Crippen molar-refractivity contribution >= 4 is 55.9 Å². The zero-order valence-electron chi connectivity index (χ0n) is 25.8. The van der Waals surface area contributed by atoms with Crippen LogP contribution in [0.15, 0.2) is 54.9 Å². The summed E-state index contributed by atoms with van der Waals surface area (Å²) in [5.74, 6) is -0.346. The molecule has 0 unspecified atom stereocenters. The number of thiophene rings is 1. The molecule has 1 aliphatic heterocycles. The highest BCUT2D eigenvalue weighted by Crippen LogP contribution is 2.38. The zero-order chi connectivity index (χ0) is 32.5. The van der Waals surface area contributed by atoms with Gasteiger partial charge in [-0.25, -0.2) is 23.0 Å². The number of amides is 1. The van der Waals surface area contributed by atoms with Crippen molar-refractivity contribution < 1.29 is 32.2 Å². The van der Waals surface area contributed by atoms with Gasteiger partial charge >= 0.3 is 12.1 Å². The number of carbonyl (C=O) groups is 2. The van der Waals surface area contributed by atoms with Gasteiger partial charge in [0.1, 0.15) is 28.8 Å². The lowest BCUT2D eigenvalue weighted by atomic mass is 10.1. The Balaban J connectivity index is 1.36. The quantitative estimate of drug-likeness (QED) is 0.184. The van der Waals surface area contributed by atoms with Crippen LogP contribution in [0, 0.1) is 0 Å². The van der Waals surface area contributed by atoms with Gasteiger partial charge in [0.05, 0.1) is 29.1 Å². The molecule has 5 rings (SSSR count). The van der Waals surface area contributed by atoms with Crippen LogP contribution in [0.25, 0.3) is 16.0 Å². The number of sulfone groups is 1. The molecule has 10 nitrogen and oxygen atoms in total. The molecular weight excluding hydrogens is 638 g/mol. The molecule has 1 amide bonds. The summed E-state index contributed by atoms with van der Waals surface area (Å²) in [6.45, 7) is 7.90. The van der Waals surface area contributed by atoms with Crippen LogP contribution in [0.1, 0.15) is 67.4 Å². The molecule has 2 aromatic heterocycles. The highest BCUT2D eigenvalue weighted by molar-refractivity contribution is 7.91. The molecule has 0 bridgehead atoms. The van der Waals surface area contributed by atoms with Crippen LogP contribution in [-0.4, -0.2) is 66.0 Å². The molecule has 1 atom stereocenters. The number of likely N-dealkylation sites (tertiary alicyclic amines) is 1. The Morgan fingerprint density at radius 1 is 1.11 bits per heavy atom. The molecule has 3 heterocycles. The predicted molar refractivity (Wildman–Crippen MR) is 174 cm³/mol. The molecule has 0 radical (unpaired) electrons. The van der Waals surface area contributed by atoms with Gasteiger partial charge in [-0.3, -0.25) is 4.57 Å². The number of ether oxygens (including phenoxy) is 3. The van der Waals surface area contributed by atoms with Crippen molar-refractivity contribution in [3.8, 4) is 10.8 Å². The van der Waals surface area contributed by atoms with Crippen LogP contribution in [0.2, 0.25) is 5.02 Å². The molecule has 0 spiro atoms. The van der Waals surface area contributed by atoms with Gasteiger partial charge in [0.2, 0.25) is 0 Å². The molecule has 4 aromatic rings. The molecule has 1 aliphatic rings. The number of fused-ring (bicyclic) bond motifs is 1. The SMILES string of the molecule is COC(=O)c1sc(-n2cnc3ccc(CS(=O)(=O)C4CCN(C(=O)OC(C)(C)C)CC4)cc32)cc1O[C@H](C)c1ccccc1Cl. The van der Waals surface area contributed by atoms with Gasteiger partial charge < -0.3 is 19.1 Å². The van der Waals surface area contributed by atoms with Crippen LogP contribution in [0.4, 0.5) is 4.79 Å². The number of benzene rings is 2. The zero-order valence-corrected chi connectivity index (χ0v) is 28.2. The number of methoxy groups -OCH3 is 1. The van der Waals surface area contributed by atoms with Gasteiger partial charge in [-0.1, -0.05) is 35.9 Å². The molecule has 2 aromatic carbocycles. The highest BCUT2D eigenvalue weighted by Gasteiger charge is 2.33. The number of nitrogens with zero attached hydrogens (tertiary/aromatic N) is 3. The molecule has 45 heavy (non-hydrogen) atoms. The number of hydrogen-bond donors (Lipinski definition) is 0. The molecule has 0 saturated carbocycles. The van der Waals surface area contributed by atoms with E-state index in [0.29, 0.717) is 58.3 Å². The number of carbonyl (C=O) groups excluding carboxylic acids is 2. The van der Waals surface area contributed by atoms with E-state index in [1.807, 2.05) is 25.1 Å². The van der Waals surface area contributed by atoms with Crippen LogP contribution >= 0.6 is 22.9 Å². The van der Waals surface area contributed by atoms with Crippen LogP contribution in [-0.2, 0) is 25.1 Å². The summed E-state index contributed by atoms with van der Waals surface area (Å²) in [7, 11) is -2.20. The van der Waals surface area contributed by atoms with Gasteiger partial charge in [0, 0.05) is 29.7 Å². The van der Waals surface area contributed by atoms with Crippen molar-refractivity contribution in [1.29, 1.82) is 0 Å². The largest absolute Gasteiger partial charge is 0.484 e. The Bertz CT molecular complexity index is 1820. The van der Waals surface area contributed by atoms with E-state index in [-0.39, 0.29) is 10.6 Å². The first-order valence-electron chi connectivity index (χ1n) is 14.5. The van der Waals surface area contributed by atoms with Crippen molar-refractivity contribution in [2.24, 2.45) is 0 Å². The Morgan fingerprint density at radius 3 is 2.49 bits per heavy atom. The maximum Gasteiger partial charge on any atom is 0.410 e. The first-order chi connectivity index (χ1) is 21.3. The maximum atomic E-state index is 13.5. The second-order valence-corrected chi connectivity index (χ2v) is 15.7. The third kappa shape index (κ3) is 7.45. The van der Waals surface area contributed by atoms with Crippen molar-refractivity contribution in [1.82, 2.24) is 14.5 Å². The molecule has 240 valence electrons. The van der Waals surface area contributed by atoms with Crippen molar-refractivity contribution in [2.75, 3.05) is 20.2 Å². The monoisotopic (exact) mass is 673 g/mol. The number of piperidine rings is 1. The van der Waals surface area contributed by atoms with Crippen LogP contribution in [0.5, 0.6) is 5.75 Å². The lowest BCUT2D eigenvalue weighted by Crippen LogP contribution is -2.44. The minimum Gasteiger partial charge on any atom is -0.484 e. The standard InChI is InChI=1S/C32H36ClN3O7S2/c1-20(23-8-6-7-9-24(23)33)42-27-17-28(44-29(27)30(37)41-5)36-19-34-25-11-10-21(16-26(25)36)18-45(39,40)22-12-14-35(15-13-22)31(38)43-32(2,3)4/h6-11,16-17,19-20,22H,12-15,18H2,1-5H3/t20-/m1/s1. The lowest BCUT2D eigenvalue weighted by Gasteiger charge is -2.33. The first-order valence-corrected chi connectivity index (χ1v) is 17.5. The fourth-order valence-corrected chi connectivity index (χ4v) is 8.35. The number of hydrogen-bond acceptors (Lipinski definition) is 9. The summed E-state index contributed by atoms with van der Waals surface area (Å²) in [6.07, 6.45) is 1.46. The normalized spacial score (nSPS) is 15.2. The van der Waals surface area contributed by atoms with Crippen molar-refractivity contribution in [2.45, 2.75) is 63.2 Å². The van der Waals surface area contributed by atoms with Crippen molar-refractivity contribution in [3.63, 3.8) is 0 Å². The third-order valence-corrected chi connectivity index (χ3v) is 11.2. The maximum absolute atomic E-state index is 13.5. The van der Waals surface area contributed by atoms with E-state index in [0.717, 1.165) is 5.56 Å². The first kappa shape index (κ1) is 32.8. The van der Waals surface area contributed by atoms with Crippen LogP contribution < -0.4 is 4.74 Å². The Kier molecular flexibility index (Phi) is 9.48. The fraction of sp³-hybridized carbons (Fsp3) is 0.406. The Labute approximate surface area is 271 Å². The molecule has 0 N–H and O–H groups in total. The van der Waals surface area contributed by atoms with E-state index in [2.05, 4.69) is 4.98 Å². The molecule has 1 saturated heterocycles. The number of aromatic nitrogens is 2. The predicted octanol–water partition coefficient (Wildman–Crippen LogP) is 6.98. The second-order valence-electron chi connectivity index (χ2n) is 12.0. The number of imidazole rings is 1. The second kappa shape index (κ2) is 13.0. The topological polar surface area (TPSA) is 117 Å². The van der Waals surface area contributed by atoms with Gasteiger partial charge in [-0.05, 0) is 64.3 Å².